The van der Waals surface area contributed by atoms with E-state index in [0.717, 1.165) is 16.6 Å². The molecule has 0 amide bonds. The summed E-state index contributed by atoms with van der Waals surface area (Å²) in [6.07, 6.45) is 0. The lowest BCUT2D eigenvalue weighted by atomic mass is 10.2. The maximum Gasteiger partial charge on any atom is 0.294 e. The Bertz CT molecular complexity index is 420. The van der Waals surface area contributed by atoms with Crippen molar-refractivity contribution in [3.8, 4) is 6.01 Å². The number of nitrogens with one attached hydrogen (secondary N) is 1. The number of aliphatic hydroxyl groups excluding tert-OH is 1. The van der Waals surface area contributed by atoms with Gasteiger partial charge >= 0.3 is 0 Å². The molecule has 13 heavy (non-hydrogen) atoms. The number of imidazole rings is 1. The van der Waals surface area contributed by atoms with E-state index in [-0.39, 0.29) is 6.61 Å². The summed E-state index contributed by atoms with van der Waals surface area (Å²) < 4.78 is 4.94. The normalized spacial score (nSPS) is 10.6. The molecular weight excluding hydrogens is 168 g/mol. The third kappa shape index (κ3) is 1.36. The molecule has 0 radical (unpaired) electrons. The molecule has 0 bridgehead atoms. The fourth-order valence-corrected chi connectivity index (χ4v) is 1.23. The van der Waals surface area contributed by atoms with Gasteiger partial charge in [0.2, 0.25) is 0 Å². The van der Waals surface area contributed by atoms with Crippen LogP contribution in [0.1, 0.15) is 5.56 Å². The fraction of sp³-hybridized carbons (Fsp3) is 0.222. The SMILES string of the molecule is COc1nc2ccc(CO)cc2[nH]1. The van der Waals surface area contributed by atoms with Crippen LogP contribution in [-0.2, 0) is 6.61 Å². The topological polar surface area (TPSA) is 58.1 Å². The van der Waals surface area contributed by atoms with E-state index in [1.54, 1.807) is 7.11 Å². The van der Waals surface area contributed by atoms with Crippen molar-refractivity contribution in [2.45, 2.75) is 6.61 Å². The number of hydrogen-bond donors (Lipinski definition) is 2. The molecule has 0 atom stereocenters. The Balaban J connectivity index is 2.57. The molecule has 0 unspecified atom stereocenters. The third-order valence-corrected chi connectivity index (χ3v) is 1.90. The minimum atomic E-state index is 0.0390. The number of hydrogen-bond acceptors (Lipinski definition) is 3. The monoisotopic (exact) mass is 178 g/mol. The summed E-state index contributed by atoms with van der Waals surface area (Å²) in [6, 6.07) is 6.03. The largest absolute Gasteiger partial charge is 0.468 e. The van der Waals surface area contributed by atoms with Crippen LogP contribution < -0.4 is 4.74 Å². The number of aliphatic hydroxyl groups is 1. The van der Waals surface area contributed by atoms with E-state index >= 15 is 0 Å². The van der Waals surface area contributed by atoms with Crippen LogP contribution in [0.4, 0.5) is 0 Å². The fourth-order valence-electron chi connectivity index (χ4n) is 1.23. The van der Waals surface area contributed by atoms with Crippen LogP contribution in [0, 0.1) is 0 Å². The molecule has 2 N–H and O–H groups in total. The van der Waals surface area contributed by atoms with Crippen LogP contribution in [-0.4, -0.2) is 22.2 Å². The molecule has 0 saturated carbocycles. The van der Waals surface area contributed by atoms with Gasteiger partial charge in [0.15, 0.2) is 0 Å². The highest BCUT2D eigenvalue weighted by Gasteiger charge is 2.02. The molecule has 0 aliphatic rings. The lowest BCUT2D eigenvalue weighted by molar-refractivity contribution is 0.282. The van der Waals surface area contributed by atoms with Crippen LogP contribution in [0.25, 0.3) is 11.0 Å². The highest BCUT2D eigenvalue weighted by atomic mass is 16.5. The van der Waals surface area contributed by atoms with E-state index in [4.69, 9.17) is 9.84 Å². The Kier molecular flexibility index (Phi) is 1.90. The van der Waals surface area contributed by atoms with E-state index in [1.807, 2.05) is 18.2 Å². The van der Waals surface area contributed by atoms with E-state index in [9.17, 15) is 0 Å². The van der Waals surface area contributed by atoms with Crippen LogP contribution >= 0.6 is 0 Å². The average molecular weight is 178 g/mol. The van der Waals surface area contributed by atoms with Crippen molar-refractivity contribution >= 4 is 11.0 Å². The first kappa shape index (κ1) is 8.07. The number of nitrogens with zero attached hydrogens (tertiary/aromatic N) is 1. The number of rotatable bonds is 2. The van der Waals surface area contributed by atoms with Crippen molar-refractivity contribution < 1.29 is 9.84 Å². The van der Waals surface area contributed by atoms with E-state index in [2.05, 4.69) is 9.97 Å². The maximum absolute atomic E-state index is 8.90. The van der Waals surface area contributed by atoms with Gasteiger partial charge < -0.3 is 14.8 Å². The van der Waals surface area contributed by atoms with Crippen molar-refractivity contribution in [2.75, 3.05) is 7.11 Å². The highest BCUT2D eigenvalue weighted by Crippen LogP contribution is 2.16. The zero-order chi connectivity index (χ0) is 9.26. The van der Waals surface area contributed by atoms with E-state index in [0.29, 0.717) is 6.01 Å². The molecule has 4 nitrogen and oxygen atoms in total. The van der Waals surface area contributed by atoms with Crippen molar-refractivity contribution in [1.29, 1.82) is 0 Å². The molecule has 2 rings (SSSR count). The Morgan fingerprint density at radius 3 is 3.08 bits per heavy atom. The first-order valence-electron chi connectivity index (χ1n) is 3.97. The minimum absolute atomic E-state index is 0.0390. The maximum atomic E-state index is 8.90. The second-order valence-electron chi connectivity index (χ2n) is 2.76. The average Bonchev–Trinajstić information content (AvgIpc) is 2.58. The lowest BCUT2D eigenvalue weighted by Crippen LogP contribution is -1.82. The number of H-pyrrole nitrogens is 1. The van der Waals surface area contributed by atoms with Gasteiger partial charge in [-0.15, -0.1) is 0 Å². The molecule has 4 heteroatoms. The lowest BCUT2D eigenvalue weighted by Gasteiger charge is -1.93. The molecule has 0 aliphatic heterocycles. The zero-order valence-corrected chi connectivity index (χ0v) is 7.24. The van der Waals surface area contributed by atoms with Crippen LogP contribution in [0.3, 0.4) is 0 Å². The summed E-state index contributed by atoms with van der Waals surface area (Å²) >= 11 is 0. The Morgan fingerprint density at radius 1 is 1.54 bits per heavy atom. The van der Waals surface area contributed by atoms with Gasteiger partial charge in [-0.25, -0.2) is 0 Å². The Morgan fingerprint density at radius 2 is 2.38 bits per heavy atom. The Hall–Kier alpha value is -1.55. The number of methoxy groups -OCH3 is 1. The Labute approximate surface area is 75.2 Å². The zero-order valence-electron chi connectivity index (χ0n) is 7.24. The van der Waals surface area contributed by atoms with Crippen LogP contribution in [0.2, 0.25) is 0 Å². The summed E-state index contributed by atoms with van der Waals surface area (Å²) in [7, 11) is 1.56. The van der Waals surface area contributed by atoms with Crippen molar-refractivity contribution in [3.63, 3.8) is 0 Å². The summed E-state index contributed by atoms with van der Waals surface area (Å²) in [6.45, 7) is 0.0390. The van der Waals surface area contributed by atoms with E-state index in [1.165, 1.54) is 0 Å². The number of fused-ring (bicyclic) bond motifs is 1. The molecule has 1 heterocycles. The molecule has 1 aromatic carbocycles. The van der Waals surface area contributed by atoms with Gasteiger partial charge in [0.05, 0.1) is 24.8 Å². The van der Waals surface area contributed by atoms with Crippen LogP contribution in [0.15, 0.2) is 18.2 Å². The third-order valence-electron chi connectivity index (χ3n) is 1.90. The van der Waals surface area contributed by atoms with E-state index < -0.39 is 0 Å². The first-order chi connectivity index (χ1) is 6.33. The predicted molar refractivity (Wildman–Crippen MR) is 48.6 cm³/mol. The second-order valence-corrected chi connectivity index (χ2v) is 2.76. The van der Waals surface area contributed by atoms with Gasteiger partial charge in [-0.1, -0.05) is 6.07 Å². The number of ether oxygens (including phenoxy) is 1. The molecule has 68 valence electrons. The molecule has 0 fully saturated rings. The smallest absolute Gasteiger partial charge is 0.294 e. The van der Waals surface area contributed by atoms with Gasteiger partial charge in [-0.3, -0.25) is 0 Å². The van der Waals surface area contributed by atoms with Crippen molar-refractivity contribution in [1.82, 2.24) is 9.97 Å². The molecular formula is C9H10N2O2. The van der Waals surface area contributed by atoms with Crippen molar-refractivity contribution in [3.05, 3.63) is 23.8 Å². The quantitative estimate of drug-likeness (QED) is 0.723. The highest BCUT2D eigenvalue weighted by molar-refractivity contribution is 5.76. The van der Waals surface area contributed by atoms with Gasteiger partial charge in [0.1, 0.15) is 0 Å². The van der Waals surface area contributed by atoms with Crippen molar-refractivity contribution in [2.24, 2.45) is 0 Å². The van der Waals surface area contributed by atoms with Crippen LogP contribution in [0.5, 0.6) is 6.01 Å². The molecule has 0 spiro atoms. The summed E-state index contributed by atoms with van der Waals surface area (Å²) in [5.74, 6) is 0. The van der Waals surface area contributed by atoms with Gasteiger partial charge in [0.25, 0.3) is 6.01 Å². The molecule has 2 aromatic rings. The summed E-state index contributed by atoms with van der Waals surface area (Å²) in [4.78, 5) is 7.12. The number of aromatic amines is 1. The standard InChI is InChI=1S/C9H10N2O2/c1-13-9-10-7-3-2-6(5-12)4-8(7)11-9/h2-4,12H,5H2,1H3,(H,10,11). The molecule has 0 saturated heterocycles. The number of benzene rings is 1. The van der Waals surface area contributed by atoms with Gasteiger partial charge in [-0.05, 0) is 17.7 Å². The summed E-state index contributed by atoms with van der Waals surface area (Å²) in [5, 5.41) is 8.90. The molecule has 0 aliphatic carbocycles. The summed E-state index contributed by atoms with van der Waals surface area (Å²) in [5.41, 5.74) is 2.58. The van der Waals surface area contributed by atoms with Gasteiger partial charge in [0, 0.05) is 0 Å². The van der Waals surface area contributed by atoms with Gasteiger partial charge in [-0.2, -0.15) is 4.98 Å². The predicted octanol–water partition coefficient (Wildman–Crippen LogP) is 1.06. The second kappa shape index (κ2) is 3.06. The first-order valence-corrected chi connectivity index (χ1v) is 3.97. The molecule has 1 aromatic heterocycles. The number of aromatic nitrogens is 2. The minimum Gasteiger partial charge on any atom is -0.468 e.